The highest BCUT2D eigenvalue weighted by Crippen LogP contribution is 2.24. The van der Waals surface area contributed by atoms with Gasteiger partial charge in [0.05, 0.1) is 10.6 Å². The molecule has 0 unspecified atom stereocenters. The third-order valence-corrected chi connectivity index (χ3v) is 4.78. The Hall–Kier alpha value is -1.20. The summed E-state index contributed by atoms with van der Waals surface area (Å²) in [5.41, 5.74) is 2.13. The van der Waals surface area contributed by atoms with Crippen LogP contribution in [0.1, 0.15) is 30.7 Å². The molecule has 0 spiro atoms. The Kier molecular flexibility index (Phi) is 3.31. The molecular formula is C12H14N2OS2. The van der Waals surface area contributed by atoms with Gasteiger partial charge in [0.25, 0.3) is 5.91 Å². The van der Waals surface area contributed by atoms with Crippen LogP contribution in [0.25, 0.3) is 0 Å². The highest BCUT2D eigenvalue weighted by Gasteiger charge is 2.13. The first-order chi connectivity index (χ1) is 7.97. The van der Waals surface area contributed by atoms with Gasteiger partial charge in [-0.25, -0.2) is 4.98 Å². The second-order valence-electron chi connectivity index (χ2n) is 3.96. The summed E-state index contributed by atoms with van der Waals surface area (Å²) in [5, 5.41) is 3.51. The van der Waals surface area contributed by atoms with Crippen LogP contribution in [0.2, 0.25) is 0 Å². The van der Waals surface area contributed by atoms with E-state index >= 15 is 0 Å². The zero-order chi connectivity index (χ0) is 12.6. The van der Waals surface area contributed by atoms with Gasteiger partial charge in [-0.05, 0) is 39.3 Å². The van der Waals surface area contributed by atoms with E-state index in [1.807, 2.05) is 33.8 Å². The molecule has 0 bridgehead atoms. The van der Waals surface area contributed by atoms with Gasteiger partial charge in [-0.15, -0.1) is 22.7 Å². The van der Waals surface area contributed by atoms with Crippen molar-refractivity contribution in [2.45, 2.75) is 27.7 Å². The predicted molar refractivity (Wildman–Crippen MR) is 73.3 cm³/mol. The van der Waals surface area contributed by atoms with Crippen molar-refractivity contribution in [3.63, 3.8) is 0 Å². The molecule has 0 radical (unpaired) electrons. The topological polar surface area (TPSA) is 42.0 Å². The molecule has 3 nitrogen and oxygen atoms in total. The lowest BCUT2D eigenvalue weighted by Gasteiger charge is -1.97. The molecular weight excluding hydrogens is 252 g/mol. The van der Waals surface area contributed by atoms with Gasteiger partial charge in [0.2, 0.25) is 0 Å². The van der Waals surface area contributed by atoms with E-state index in [4.69, 9.17) is 0 Å². The second kappa shape index (κ2) is 4.58. The normalized spacial score (nSPS) is 10.6. The minimum atomic E-state index is -0.0695. The predicted octanol–water partition coefficient (Wildman–Crippen LogP) is 3.69. The number of hydrogen-bond acceptors (Lipinski definition) is 4. The maximum absolute atomic E-state index is 12.0. The van der Waals surface area contributed by atoms with Crippen molar-refractivity contribution in [1.29, 1.82) is 0 Å². The molecule has 0 saturated heterocycles. The monoisotopic (exact) mass is 266 g/mol. The standard InChI is InChI=1S/C12H14N2OS2/c1-6-5-10(16-8(6)3)11(15)14-12-13-7(2)9(4)17-12/h5H,1-4H3,(H,13,14,15). The third-order valence-electron chi connectivity index (χ3n) is 2.64. The largest absolute Gasteiger partial charge is 0.297 e. The molecule has 0 aliphatic rings. The summed E-state index contributed by atoms with van der Waals surface area (Å²) in [7, 11) is 0. The van der Waals surface area contributed by atoms with Crippen molar-refractivity contribution in [3.05, 3.63) is 32.0 Å². The van der Waals surface area contributed by atoms with Gasteiger partial charge in [0.1, 0.15) is 0 Å². The number of aromatic nitrogens is 1. The zero-order valence-corrected chi connectivity index (χ0v) is 11.9. The van der Waals surface area contributed by atoms with Crippen LogP contribution in [0.4, 0.5) is 5.13 Å². The first-order valence-electron chi connectivity index (χ1n) is 5.30. The number of carbonyl (C=O) groups excluding carboxylic acids is 1. The van der Waals surface area contributed by atoms with Crippen LogP contribution in [-0.4, -0.2) is 10.9 Å². The summed E-state index contributed by atoms with van der Waals surface area (Å²) >= 11 is 3.03. The second-order valence-corrected chi connectivity index (χ2v) is 6.42. The van der Waals surface area contributed by atoms with Crippen molar-refractivity contribution in [1.82, 2.24) is 4.98 Å². The van der Waals surface area contributed by atoms with E-state index in [0.717, 1.165) is 21.0 Å². The van der Waals surface area contributed by atoms with E-state index in [1.54, 1.807) is 0 Å². The average molecular weight is 266 g/mol. The number of nitrogens with zero attached hydrogens (tertiary/aromatic N) is 1. The highest BCUT2D eigenvalue weighted by molar-refractivity contribution is 7.16. The van der Waals surface area contributed by atoms with E-state index in [0.29, 0.717) is 5.13 Å². The van der Waals surface area contributed by atoms with Crippen LogP contribution in [0, 0.1) is 27.7 Å². The van der Waals surface area contributed by atoms with Crippen LogP contribution in [-0.2, 0) is 0 Å². The van der Waals surface area contributed by atoms with Crippen LogP contribution in [0.15, 0.2) is 6.07 Å². The number of thiophene rings is 1. The Morgan fingerprint density at radius 3 is 2.35 bits per heavy atom. The van der Waals surface area contributed by atoms with E-state index in [9.17, 15) is 4.79 Å². The molecule has 2 aromatic heterocycles. The van der Waals surface area contributed by atoms with Crippen molar-refractivity contribution in [2.75, 3.05) is 5.32 Å². The van der Waals surface area contributed by atoms with Gasteiger partial charge >= 0.3 is 0 Å². The molecule has 0 aromatic carbocycles. The number of hydrogen-bond donors (Lipinski definition) is 1. The van der Waals surface area contributed by atoms with Crippen molar-refractivity contribution >= 4 is 33.7 Å². The Labute approximate surface area is 109 Å². The number of thiazole rings is 1. The molecule has 1 amide bonds. The summed E-state index contributed by atoms with van der Waals surface area (Å²) in [6.07, 6.45) is 0. The number of aryl methyl sites for hydroxylation is 4. The lowest BCUT2D eigenvalue weighted by molar-refractivity contribution is 0.103. The lowest BCUT2D eigenvalue weighted by Crippen LogP contribution is -2.09. The fourth-order valence-electron chi connectivity index (χ4n) is 1.37. The summed E-state index contributed by atoms with van der Waals surface area (Å²) in [6.45, 7) is 7.98. The van der Waals surface area contributed by atoms with E-state index in [1.165, 1.54) is 27.6 Å². The van der Waals surface area contributed by atoms with Gasteiger partial charge in [-0.2, -0.15) is 0 Å². The van der Waals surface area contributed by atoms with Crippen LogP contribution < -0.4 is 5.32 Å². The maximum Gasteiger partial charge on any atom is 0.267 e. The third kappa shape index (κ3) is 2.56. The molecule has 5 heteroatoms. The van der Waals surface area contributed by atoms with Gasteiger partial charge < -0.3 is 0 Å². The molecule has 0 atom stereocenters. The first-order valence-corrected chi connectivity index (χ1v) is 6.93. The van der Waals surface area contributed by atoms with Crippen LogP contribution >= 0.6 is 22.7 Å². The van der Waals surface area contributed by atoms with Crippen LogP contribution in [0.5, 0.6) is 0 Å². The van der Waals surface area contributed by atoms with Crippen LogP contribution in [0.3, 0.4) is 0 Å². The summed E-state index contributed by atoms with van der Waals surface area (Å²) in [5.74, 6) is -0.0695. The number of nitrogens with one attached hydrogen (secondary N) is 1. The molecule has 2 heterocycles. The summed E-state index contributed by atoms with van der Waals surface area (Å²) in [6, 6.07) is 1.92. The summed E-state index contributed by atoms with van der Waals surface area (Å²) in [4.78, 5) is 19.3. The van der Waals surface area contributed by atoms with Crippen molar-refractivity contribution < 1.29 is 4.79 Å². The lowest BCUT2D eigenvalue weighted by atomic mass is 10.3. The Balaban J connectivity index is 2.16. The molecule has 17 heavy (non-hydrogen) atoms. The Morgan fingerprint density at radius 2 is 1.88 bits per heavy atom. The van der Waals surface area contributed by atoms with E-state index < -0.39 is 0 Å². The molecule has 90 valence electrons. The highest BCUT2D eigenvalue weighted by atomic mass is 32.1. The maximum atomic E-state index is 12.0. The quantitative estimate of drug-likeness (QED) is 0.900. The molecule has 1 N–H and O–H groups in total. The van der Waals surface area contributed by atoms with Gasteiger partial charge in [-0.3, -0.25) is 10.1 Å². The minimum absolute atomic E-state index is 0.0695. The fraction of sp³-hybridized carbons (Fsp3) is 0.333. The van der Waals surface area contributed by atoms with Crippen molar-refractivity contribution in [3.8, 4) is 0 Å². The molecule has 2 rings (SSSR count). The molecule has 0 fully saturated rings. The number of anilines is 1. The van der Waals surface area contributed by atoms with E-state index in [2.05, 4.69) is 10.3 Å². The van der Waals surface area contributed by atoms with Gasteiger partial charge in [0.15, 0.2) is 5.13 Å². The van der Waals surface area contributed by atoms with Gasteiger partial charge in [0, 0.05) is 9.75 Å². The molecule has 0 saturated carbocycles. The van der Waals surface area contributed by atoms with Crippen molar-refractivity contribution in [2.24, 2.45) is 0 Å². The Bertz CT molecular complexity index is 530. The number of carbonyl (C=O) groups is 1. The smallest absolute Gasteiger partial charge is 0.267 e. The zero-order valence-electron chi connectivity index (χ0n) is 10.2. The molecule has 0 aliphatic carbocycles. The Morgan fingerprint density at radius 1 is 1.18 bits per heavy atom. The molecule has 0 aliphatic heterocycles. The SMILES string of the molecule is Cc1cc(C(=O)Nc2nc(C)c(C)s2)sc1C. The number of amides is 1. The minimum Gasteiger partial charge on any atom is -0.297 e. The molecule has 2 aromatic rings. The average Bonchev–Trinajstić information content (AvgIpc) is 2.73. The first kappa shape index (κ1) is 12.3. The fourth-order valence-corrected chi connectivity index (χ4v) is 3.11. The summed E-state index contributed by atoms with van der Waals surface area (Å²) < 4.78 is 0. The van der Waals surface area contributed by atoms with Gasteiger partial charge in [-0.1, -0.05) is 0 Å². The number of rotatable bonds is 2. The van der Waals surface area contributed by atoms with E-state index in [-0.39, 0.29) is 5.91 Å².